The summed E-state index contributed by atoms with van der Waals surface area (Å²) in [5, 5.41) is 0. The van der Waals surface area contributed by atoms with Gasteiger partial charge < -0.3 is 15.5 Å². The number of halogens is 2. The molecule has 120 valence electrons. The predicted octanol–water partition coefficient (Wildman–Crippen LogP) is 2.08. The first kappa shape index (κ1) is 20.0. The third-order valence-electron chi connectivity index (χ3n) is 3.73. The van der Waals surface area contributed by atoms with Gasteiger partial charge in [0, 0.05) is 44.3 Å². The summed E-state index contributed by atoms with van der Waals surface area (Å²) in [5.41, 5.74) is 8.08. The summed E-state index contributed by atoms with van der Waals surface area (Å²) in [4.78, 5) is 16.3. The van der Waals surface area contributed by atoms with Gasteiger partial charge in [-0.05, 0) is 24.6 Å². The van der Waals surface area contributed by atoms with Crippen molar-refractivity contribution in [1.29, 1.82) is 0 Å². The fraction of sp³-hybridized carbons (Fsp3) is 0.533. The maximum atomic E-state index is 12.1. The Kier molecular flexibility index (Phi) is 8.71. The highest BCUT2D eigenvalue weighted by Gasteiger charge is 2.24. The summed E-state index contributed by atoms with van der Waals surface area (Å²) >= 11 is 0. The van der Waals surface area contributed by atoms with Gasteiger partial charge in [-0.25, -0.2) is 0 Å². The first-order chi connectivity index (χ1) is 9.11. The van der Waals surface area contributed by atoms with Crippen LogP contribution < -0.4 is 10.6 Å². The zero-order valence-electron chi connectivity index (χ0n) is 12.6. The van der Waals surface area contributed by atoms with Crippen LogP contribution in [0.1, 0.15) is 12.5 Å². The van der Waals surface area contributed by atoms with Crippen molar-refractivity contribution in [2.75, 3.05) is 37.6 Å². The molecule has 1 unspecified atom stereocenters. The SMILES string of the molecule is Cc1cccc(N2CCN(C(=O)C(C)CN)CC2)c1.Cl.Cl. The topological polar surface area (TPSA) is 49.6 Å². The summed E-state index contributed by atoms with van der Waals surface area (Å²) in [6, 6.07) is 8.51. The molecule has 1 aliphatic rings. The Balaban J connectivity index is 0.00000200. The fourth-order valence-corrected chi connectivity index (χ4v) is 2.42. The Morgan fingerprint density at radius 1 is 1.24 bits per heavy atom. The van der Waals surface area contributed by atoms with Crippen LogP contribution in [-0.4, -0.2) is 43.5 Å². The molecule has 1 saturated heterocycles. The summed E-state index contributed by atoms with van der Waals surface area (Å²) < 4.78 is 0. The molecule has 1 atom stereocenters. The Labute approximate surface area is 139 Å². The van der Waals surface area contributed by atoms with Gasteiger partial charge in [0.15, 0.2) is 0 Å². The molecule has 1 amide bonds. The molecular weight excluding hydrogens is 309 g/mol. The minimum Gasteiger partial charge on any atom is -0.368 e. The molecule has 21 heavy (non-hydrogen) atoms. The zero-order valence-corrected chi connectivity index (χ0v) is 14.3. The van der Waals surface area contributed by atoms with E-state index < -0.39 is 0 Å². The largest absolute Gasteiger partial charge is 0.368 e. The molecule has 0 spiro atoms. The molecule has 1 heterocycles. The van der Waals surface area contributed by atoms with E-state index in [9.17, 15) is 4.79 Å². The molecular formula is C15H25Cl2N3O. The molecule has 6 heteroatoms. The lowest BCUT2D eigenvalue weighted by atomic mass is 10.1. The number of nitrogens with two attached hydrogens (primary N) is 1. The van der Waals surface area contributed by atoms with Crippen LogP contribution in [0.2, 0.25) is 0 Å². The van der Waals surface area contributed by atoms with E-state index >= 15 is 0 Å². The zero-order chi connectivity index (χ0) is 13.8. The summed E-state index contributed by atoms with van der Waals surface area (Å²) in [6.45, 7) is 7.80. The van der Waals surface area contributed by atoms with Crippen molar-refractivity contribution in [3.8, 4) is 0 Å². The number of anilines is 1. The summed E-state index contributed by atoms with van der Waals surface area (Å²) in [7, 11) is 0. The van der Waals surface area contributed by atoms with Crippen LogP contribution in [0.15, 0.2) is 24.3 Å². The van der Waals surface area contributed by atoms with Crippen LogP contribution >= 0.6 is 24.8 Å². The van der Waals surface area contributed by atoms with E-state index in [1.807, 2.05) is 11.8 Å². The molecule has 2 rings (SSSR count). The van der Waals surface area contributed by atoms with Crippen LogP contribution in [-0.2, 0) is 4.79 Å². The Bertz CT molecular complexity index is 448. The Morgan fingerprint density at radius 2 is 1.86 bits per heavy atom. The van der Waals surface area contributed by atoms with Gasteiger partial charge in [-0.3, -0.25) is 4.79 Å². The van der Waals surface area contributed by atoms with Crippen molar-refractivity contribution in [1.82, 2.24) is 4.90 Å². The molecule has 0 aromatic heterocycles. The molecule has 0 bridgehead atoms. The normalized spacial score (nSPS) is 15.8. The highest BCUT2D eigenvalue weighted by atomic mass is 35.5. The maximum Gasteiger partial charge on any atom is 0.226 e. The third-order valence-corrected chi connectivity index (χ3v) is 3.73. The Hall–Kier alpha value is -0.970. The molecule has 1 aliphatic heterocycles. The van der Waals surface area contributed by atoms with Gasteiger partial charge in [-0.15, -0.1) is 24.8 Å². The lowest BCUT2D eigenvalue weighted by Gasteiger charge is -2.37. The van der Waals surface area contributed by atoms with Crippen LogP contribution in [0.5, 0.6) is 0 Å². The average molecular weight is 334 g/mol. The van der Waals surface area contributed by atoms with Crippen molar-refractivity contribution in [2.45, 2.75) is 13.8 Å². The summed E-state index contributed by atoms with van der Waals surface area (Å²) in [5.74, 6) is 0.122. The highest BCUT2D eigenvalue weighted by molar-refractivity contribution is 5.85. The molecule has 2 N–H and O–H groups in total. The number of carbonyl (C=O) groups is 1. The van der Waals surface area contributed by atoms with Gasteiger partial charge in [-0.1, -0.05) is 19.1 Å². The van der Waals surface area contributed by atoms with Crippen LogP contribution in [0.25, 0.3) is 0 Å². The van der Waals surface area contributed by atoms with Gasteiger partial charge in [-0.2, -0.15) is 0 Å². The highest BCUT2D eigenvalue weighted by Crippen LogP contribution is 2.18. The molecule has 0 radical (unpaired) electrons. The number of rotatable bonds is 3. The van der Waals surface area contributed by atoms with Gasteiger partial charge in [0.05, 0.1) is 0 Å². The van der Waals surface area contributed by atoms with Gasteiger partial charge >= 0.3 is 0 Å². The first-order valence-corrected chi connectivity index (χ1v) is 6.92. The monoisotopic (exact) mass is 333 g/mol. The molecule has 1 aromatic carbocycles. The number of piperazine rings is 1. The van der Waals surface area contributed by atoms with Gasteiger partial charge in [0.25, 0.3) is 0 Å². The lowest BCUT2D eigenvalue weighted by Crippen LogP contribution is -2.50. The van der Waals surface area contributed by atoms with Crippen LogP contribution in [0.4, 0.5) is 5.69 Å². The number of amides is 1. The van der Waals surface area contributed by atoms with E-state index in [1.54, 1.807) is 0 Å². The number of hydrogen-bond acceptors (Lipinski definition) is 3. The minimum absolute atomic E-state index is 0. The maximum absolute atomic E-state index is 12.1. The minimum atomic E-state index is -0.0643. The number of hydrogen-bond donors (Lipinski definition) is 1. The van der Waals surface area contributed by atoms with Crippen molar-refractivity contribution in [3.05, 3.63) is 29.8 Å². The second kappa shape index (κ2) is 9.13. The van der Waals surface area contributed by atoms with E-state index in [0.717, 1.165) is 26.2 Å². The fourth-order valence-electron chi connectivity index (χ4n) is 2.42. The van der Waals surface area contributed by atoms with E-state index in [1.165, 1.54) is 11.3 Å². The van der Waals surface area contributed by atoms with E-state index in [-0.39, 0.29) is 36.6 Å². The molecule has 4 nitrogen and oxygen atoms in total. The van der Waals surface area contributed by atoms with Crippen molar-refractivity contribution < 1.29 is 4.79 Å². The summed E-state index contributed by atoms with van der Waals surface area (Å²) in [6.07, 6.45) is 0. The quantitative estimate of drug-likeness (QED) is 0.921. The Morgan fingerprint density at radius 3 is 2.38 bits per heavy atom. The smallest absolute Gasteiger partial charge is 0.226 e. The molecule has 1 fully saturated rings. The van der Waals surface area contributed by atoms with Crippen LogP contribution in [0, 0.1) is 12.8 Å². The number of benzene rings is 1. The number of nitrogens with zero attached hydrogens (tertiary/aromatic N) is 2. The van der Waals surface area contributed by atoms with E-state index in [4.69, 9.17) is 5.73 Å². The van der Waals surface area contributed by atoms with Crippen molar-refractivity contribution in [3.63, 3.8) is 0 Å². The number of aryl methyl sites for hydroxylation is 1. The molecule has 0 aliphatic carbocycles. The van der Waals surface area contributed by atoms with Crippen LogP contribution in [0.3, 0.4) is 0 Å². The van der Waals surface area contributed by atoms with E-state index in [0.29, 0.717) is 6.54 Å². The van der Waals surface area contributed by atoms with Gasteiger partial charge in [0.1, 0.15) is 0 Å². The van der Waals surface area contributed by atoms with Crippen molar-refractivity contribution in [2.24, 2.45) is 11.7 Å². The standard InChI is InChI=1S/C15H23N3O.2ClH/c1-12-4-3-5-14(10-12)17-6-8-18(9-7-17)15(19)13(2)11-16;;/h3-5,10,13H,6-9,11,16H2,1-2H3;2*1H. The second-order valence-corrected chi connectivity index (χ2v) is 5.29. The lowest BCUT2D eigenvalue weighted by molar-refractivity contribution is -0.134. The molecule has 1 aromatic rings. The third kappa shape index (κ3) is 5.06. The van der Waals surface area contributed by atoms with Crippen molar-refractivity contribution >= 4 is 36.4 Å². The first-order valence-electron chi connectivity index (χ1n) is 6.92. The predicted molar refractivity (Wildman–Crippen MR) is 92.7 cm³/mol. The number of carbonyl (C=O) groups excluding carboxylic acids is 1. The average Bonchev–Trinajstić information content (AvgIpc) is 2.46. The van der Waals surface area contributed by atoms with Gasteiger partial charge in [0.2, 0.25) is 5.91 Å². The second-order valence-electron chi connectivity index (χ2n) is 5.29. The van der Waals surface area contributed by atoms with E-state index in [2.05, 4.69) is 36.1 Å². The molecule has 0 saturated carbocycles.